The van der Waals surface area contributed by atoms with Gasteiger partial charge in [-0.05, 0) is 68.1 Å². The minimum absolute atomic E-state index is 0.0243. The molecule has 2 aliphatic carbocycles. The normalized spacial score (nSPS) is 26.7. The maximum Gasteiger partial charge on any atom is 0.241 e. The average Bonchev–Trinajstić information content (AvgIpc) is 3.67. The molecule has 8 N–H and O–H groups in total. The van der Waals surface area contributed by atoms with Crippen LogP contribution in [0.25, 0.3) is 0 Å². The topological polar surface area (TPSA) is 180 Å². The Morgan fingerprint density at radius 1 is 1.09 bits per heavy atom. The van der Waals surface area contributed by atoms with Crippen LogP contribution < -0.4 is 22.1 Å². The van der Waals surface area contributed by atoms with E-state index in [4.69, 9.17) is 16.2 Å². The van der Waals surface area contributed by atoms with Gasteiger partial charge in [-0.15, -0.1) is 0 Å². The number of aliphatic hydroxyl groups is 1. The number of allylic oxidation sites excluding steroid dienone is 2. The fourth-order valence-electron chi connectivity index (χ4n) is 6.75. The monoisotopic (exact) mass is 594 g/mol. The fourth-order valence-corrected chi connectivity index (χ4v) is 6.75. The summed E-state index contributed by atoms with van der Waals surface area (Å²) in [6, 6.07) is 4.39. The lowest BCUT2D eigenvalue weighted by molar-refractivity contribution is -0.117. The van der Waals surface area contributed by atoms with Gasteiger partial charge < -0.3 is 37.1 Å². The molecule has 1 amide bonds. The van der Waals surface area contributed by atoms with Gasteiger partial charge in [0.1, 0.15) is 17.4 Å². The number of unbranched alkanes of at least 4 members (excludes halogenated alkanes) is 1. The third kappa shape index (κ3) is 4.42. The zero-order valence-corrected chi connectivity index (χ0v) is 24.5. The Hall–Kier alpha value is -4.45. The average molecular weight is 595 g/mol. The fraction of sp³-hybridized carbons (Fsp3) is 0.382. The van der Waals surface area contributed by atoms with E-state index in [1.807, 2.05) is 13.8 Å². The van der Waals surface area contributed by atoms with Crippen molar-refractivity contribution in [1.29, 1.82) is 0 Å². The van der Waals surface area contributed by atoms with E-state index in [9.17, 15) is 24.6 Å². The molecule has 6 rings (SSSR count). The second kappa shape index (κ2) is 10.9. The molecule has 0 aromatic heterocycles. The molecule has 44 heavy (non-hydrogen) atoms. The number of fused-ring (bicyclic) bond motifs is 4. The summed E-state index contributed by atoms with van der Waals surface area (Å²) in [6.07, 6.45) is 4.24. The summed E-state index contributed by atoms with van der Waals surface area (Å²) in [7, 11) is 0. The standard InChI is InChI=1S/C34H34N4O6/c1-18(2)17-33-25-10-5-3-4-6-11-26(40)34(33,44-33)22-16-24(39)27-28(29(22)38-25)30(41)20-13-12-19(15-21(20)31(27)42)37-32(43)23(36)9-7-8-14-35/h3-4,12-13,15-16,18,23,25-26,38-40H,7-9,14,17,35-36H2,1-2H3,(H,37,43)/b4-3-/t23-,25-,26+,33-,34-/m0/s1. The third-order valence-corrected chi connectivity index (χ3v) is 8.72. The van der Waals surface area contributed by atoms with E-state index in [2.05, 4.69) is 34.3 Å². The minimum atomic E-state index is -1.39. The van der Waals surface area contributed by atoms with E-state index in [0.29, 0.717) is 37.1 Å². The number of phenols is 1. The number of ketones is 2. The molecular weight excluding hydrogens is 560 g/mol. The number of aliphatic hydroxyl groups excluding tert-OH is 1. The highest BCUT2D eigenvalue weighted by atomic mass is 16.6. The molecule has 5 atom stereocenters. The summed E-state index contributed by atoms with van der Waals surface area (Å²) in [4.78, 5) is 40.7. The van der Waals surface area contributed by atoms with Gasteiger partial charge in [0.05, 0.1) is 22.9 Å². The van der Waals surface area contributed by atoms with Crippen molar-refractivity contribution in [2.24, 2.45) is 17.4 Å². The number of nitrogens with two attached hydrogens (primary N) is 2. The summed E-state index contributed by atoms with van der Waals surface area (Å²) in [5.41, 5.74) is 10.0. The lowest BCUT2D eigenvalue weighted by atomic mass is 9.69. The Labute approximate surface area is 255 Å². The van der Waals surface area contributed by atoms with Gasteiger partial charge in [0.2, 0.25) is 5.91 Å². The van der Waals surface area contributed by atoms with E-state index in [1.165, 1.54) is 30.3 Å². The van der Waals surface area contributed by atoms with Gasteiger partial charge in [-0.2, -0.15) is 0 Å². The van der Waals surface area contributed by atoms with Crippen LogP contribution in [0.15, 0.2) is 36.4 Å². The first-order valence-electron chi connectivity index (χ1n) is 14.8. The molecule has 0 saturated carbocycles. The molecule has 0 radical (unpaired) electrons. The molecule has 2 aromatic carbocycles. The Bertz CT molecular complexity index is 1760. The predicted octanol–water partition coefficient (Wildman–Crippen LogP) is 2.30. The van der Waals surface area contributed by atoms with Gasteiger partial charge in [-0.3, -0.25) is 14.4 Å². The molecule has 1 saturated heterocycles. The van der Waals surface area contributed by atoms with E-state index < -0.39 is 52.6 Å². The molecule has 4 aliphatic rings. The smallest absolute Gasteiger partial charge is 0.241 e. The zero-order valence-electron chi connectivity index (χ0n) is 24.5. The molecule has 0 spiro atoms. The summed E-state index contributed by atoms with van der Waals surface area (Å²) in [6.45, 7) is 4.57. The second-order valence-corrected chi connectivity index (χ2v) is 12.1. The van der Waals surface area contributed by atoms with E-state index in [1.54, 1.807) is 6.08 Å². The quantitative estimate of drug-likeness (QED) is 0.0987. The van der Waals surface area contributed by atoms with Crippen molar-refractivity contribution in [3.05, 3.63) is 64.2 Å². The highest BCUT2D eigenvalue weighted by Crippen LogP contribution is 2.68. The van der Waals surface area contributed by atoms with Crippen molar-refractivity contribution in [3.63, 3.8) is 0 Å². The highest BCUT2D eigenvalue weighted by molar-refractivity contribution is 6.31. The molecular formula is C34H34N4O6. The summed E-state index contributed by atoms with van der Waals surface area (Å²) in [5, 5.41) is 28.8. The minimum Gasteiger partial charge on any atom is -0.507 e. The van der Waals surface area contributed by atoms with Crippen LogP contribution in [-0.2, 0) is 15.1 Å². The van der Waals surface area contributed by atoms with Gasteiger partial charge in [-0.1, -0.05) is 44.0 Å². The molecule has 2 aliphatic heterocycles. The summed E-state index contributed by atoms with van der Waals surface area (Å²) < 4.78 is 6.47. The number of anilines is 2. The van der Waals surface area contributed by atoms with Gasteiger partial charge >= 0.3 is 0 Å². The molecule has 10 nitrogen and oxygen atoms in total. The van der Waals surface area contributed by atoms with E-state index in [-0.39, 0.29) is 33.9 Å². The van der Waals surface area contributed by atoms with Crippen LogP contribution in [0.4, 0.5) is 11.4 Å². The van der Waals surface area contributed by atoms with E-state index in [0.717, 1.165) is 6.42 Å². The Morgan fingerprint density at radius 3 is 2.55 bits per heavy atom. The van der Waals surface area contributed by atoms with Gasteiger partial charge in [0.25, 0.3) is 0 Å². The number of carbonyl (C=O) groups is 3. The number of rotatable bonds is 8. The number of aromatic hydroxyl groups is 1. The largest absolute Gasteiger partial charge is 0.507 e. The number of hydrogen-bond donors (Lipinski definition) is 6. The number of phenolic OH excluding ortho intramolecular Hbond substituents is 1. The first kappa shape index (κ1) is 29.6. The Balaban J connectivity index is 1.43. The van der Waals surface area contributed by atoms with Gasteiger partial charge in [0, 0.05) is 22.4 Å². The lowest BCUT2D eigenvalue weighted by Crippen LogP contribution is -2.50. The number of epoxide rings is 1. The second-order valence-electron chi connectivity index (χ2n) is 12.1. The van der Waals surface area contributed by atoms with Crippen molar-refractivity contribution in [2.45, 2.75) is 68.9 Å². The molecule has 0 unspecified atom stereocenters. The van der Waals surface area contributed by atoms with Crippen LogP contribution in [0.5, 0.6) is 5.75 Å². The molecule has 226 valence electrons. The van der Waals surface area contributed by atoms with Crippen LogP contribution >= 0.6 is 0 Å². The van der Waals surface area contributed by atoms with Crippen LogP contribution in [0.1, 0.15) is 76.9 Å². The predicted molar refractivity (Wildman–Crippen MR) is 164 cm³/mol. The number of nitrogens with one attached hydrogen (secondary N) is 2. The van der Waals surface area contributed by atoms with Crippen LogP contribution in [-0.4, -0.2) is 58.0 Å². The van der Waals surface area contributed by atoms with Crippen LogP contribution in [0.3, 0.4) is 0 Å². The van der Waals surface area contributed by atoms with Crippen molar-refractivity contribution >= 4 is 28.8 Å². The van der Waals surface area contributed by atoms with E-state index >= 15 is 0 Å². The Morgan fingerprint density at radius 2 is 1.82 bits per heavy atom. The zero-order chi connectivity index (χ0) is 31.4. The number of amides is 1. The molecule has 10 heteroatoms. The molecule has 2 heterocycles. The maximum absolute atomic E-state index is 14.1. The molecule has 1 fully saturated rings. The lowest BCUT2D eigenvalue weighted by Gasteiger charge is -2.37. The number of benzene rings is 2. The number of hydrogen-bond acceptors (Lipinski definition) is 9. The van der Waals surface area contributed by atoms with Crippen molar-refractivity contribution in [2.75, 3.05) is 17.2 Å². The first-order valence-corrected chi connectivity index (χ1v) is 14.8. The Kier molecular flexibility index (Phi) is 7.35. The first-order chi connectivity index (χ1) is 21.1. The number of carbonyl (C=O) groups excluding carboxylic acids is 3. The molecule has 2 bridgehead atoms. The highest BCUT2D eigenvalue weighted by Gasteiger charge is 2.79. The molecule has 2 aromatic rings. The van der Waals surface area contributed by atoms with Crippen molar-refractivity contribution < 1.29 is 29.3 Å². The van der Waals surface area contributed by atoms with Crippen LogP contribution in [0.2, 0.25) is 0 Å². The maximum atomic E-state index is 14.1. The van der Waals surface area contributed by atoms with Gasteiger partial charge in [-0.25, -0.2) is 0 Å². The summed E-state index contributed by atoms with van der Waals surface area (Å²) in [5.74, 6) is 9.97. The number of ether oxygens (including phenoxy) is 1. The third-order valence-electron chi connectivity index (χ3n) is 8.72. The van der Waals surface area contributed by atoms with Crippen LogP contribution in [0, 0.1) is 29.6 Å². The van der Waals surface area contributed by atoms with Crippen molar-refractivity contribution in [1.82, 2.24) is 0 Å². The SMILES string of the molecule is CC(C)C[C@@]12O[C@]13c1cc(O)c4c(c1N[C@H]2C#C/C=C\C#C[C@H]3O)C(=O)c1ccc(NC(=O)[C@@H](N)CCCCN)cc1C4=O. The summed E-state index contributed by atoms with van der Waals surface area (Å²) >= 11 is 0. The van der Waals surface area contributed by atoms with Gasteiger partial charge in [0.15, 0.2) is 23.3 Å². The van der Waals surface area contributed by atoms with Crippen molar-refractivity contribution in [3.8, 4) is 29.4 Å².